The van der Waals surface area contributed by atoms with Gasteiger partial charge in [0.25, 0.3) is 0 Å². The molecule has 1 fully saturated rings. The zero-order chi connectivity index (χ0) is 10.1. The minimum absolute atomic E-state index is 0.188. The molecule has 0 amide bonds. The second kappa shape index (κ2) is 3.79. The molecule has 1 saturated carbocycles. The second-order valence-electron chi connectivity index (χ2n) is 4.61. The van der Waals surface area contributed by atoms with Crippen molar-refractivity contribution in [3.8, 4) is 0 Å². The van der Waals surface area contributed by atoms with Crippen molar-refractivity contribution in [2.45, 2.75) is 45.6 Å². The van der Waals surface area contributed by atoms with Crippen LogP contribution in [-0.4, -0.2) is 18.5 Å². The molecule has 0 aliphatic heterocycles. The highest BCUT2D eigenvalue weighted by Gasteiger charge is 2.41. The van der Waals surface area contributed by atoms with E-state index in [9.17, 15) is 4.79 Å². The molecule has 0 spiro atoms. The van der Waals surface area contributed by atoms with Crippen LogP contribution in [0.2, 0.25) is 0 Å². The van der Waals surface area contributed by atoms with E-state index in [0.717, 1.165) is 12.8 Å². The highest BCUT2D eigenvalue weighted by Crippen LogP contribution is 2.38. The molecular formula is C11H20O2. The normalized spacial score (nSPS) is 40.3. The van der Waals surface area contributed by atoms with Gasteiger partial charge < -0.3 is 4.74 Å². The molecule has 1 rings (SSSR count). The van der Waals surface area contributed by atoms with E-state index in [2.05, 4.69) is 13.8 Å². The number of hydrogen-bond acceptors (Lipinski definition) is 2. The number of hydrogen-bond donors (Lipinski definition) is 0. The summed E-state index contributed by atoms with van der Waals surface area (Å²) < 4.78 is 5.43. The van der Waals surface area contributed by atoms with Crippen LogP contribution in [0.5, 0.6) is 0 Å². The van der Waals surface area contributed by atoms with Gasteiger partial charge in [-0.05, 0) is 38.0 Å². The maximum Gasteiger partial charge on any atom is 0.161 e. The van der Waals surface area contributed by atoms with Gasteiger partial charge in [0.2, 0.25) is 0 Å². The van der Waals surface area contributed by atoms with Crippen molar-refractivity contribution in [1.82, 2.24) is 0 Å². The van der Waals surface area contributed by atoms with Gasteiger partial charge in [0, 0.05) is 7.11 Å². The maximum atomic E-state index is 11.5. The Morgan fingerprint density at radius 1 is 1.31 bits per heavy atom. The average Bonchev–Trinajstić information content (AvgIpc) is 2.02. The lowest BCUT2D eigenvalue weighted by Crippen LogP contribution is -2.45. The molecule has 2 atom stereocenters. The summed E-state index contributed by atoms with van der Waals surface area (Å²) in [5.41, 5.74) is -0.475. The zero-order valence-corrected chi connectivity index (χ0v) is 9.09. The summed E-state index contributed by atoms with van der Waals surface area (Å²) in [6, 6.07) is 0. The predicted molar refractivity (Wildman–Crippen MR) is 52.6 cm³/mol. The Morgan fingerprint density at radius 3 is 2.08 bits per heavy atom. The third kappa shape index (κ3) is 2.11. The molecule has 0 radical (unpaired) electrons. The molecule has 1 aliphatic rings. The topological polar surface area (TPSA) is 26.3 Å². The molecular weight excluding hydrogens is 164 g/mol. The Hall–Kier alpha value is -0.370. The first-order chi connectivity index (χ1) is 6.00. The minimum Gasteiger partial charge on any atom is -0.370 e. The van der Waals surface area contributed by atoms with Gasteiger partial charge in [-0.2, -0.15) is 0 Å². The SMILES string of the molecule is COC1(C(C)=O)CC(C)CC(C)C1. The fraction of sp³-hybridized carbons (Fsp3) is 0.909. The third-order valence-electron chi connectivity index (χ3n) is 3.19. The van der Waals surface area contributed by atoms with E-state index in [0.29, 0.717) is 11.8 Å². The van der Waals surface area contributed by atoms with Crippen LogP contribution in [0.1, 0.15) is 40.0 Å². The Morgan fingerprint density at radius 2 is 1.77 bits per heavy atom. The smallest absolute Gasteiger partial charge is 0.161 e. The minimum atomic E-state index is -0.475. The van der Waals surface area contributed by atoms with Gasteiger partial charge in [-0.25, -0.2) is 0 Å². The Balaban J connectivity index is 2.80. The van der Waals surface area contributed by atoms with Crippen LogP contribution >= 0.6 is 0 Å². The van der Waals surface area contributed by atoms with Gasteiger partial charge in [0.1, 0.15) is 5.60 Å². The Kier molecular flexibility index (Phi) is 3.12. The molecule has 0 aromatic heterocycles. The summed E-state index contributed by atoms with van der Waals surface area (Å²) in [5.74, 6) is 1.40. The molecule has 0 N–H and O–H groups in total. The monoisotopic (exact) mass is 184 g/mol. The lowest BCUT2D eigenvalue weighted by Gasteiger charge is -2.39. The molecule has 1 aliphatic carbocycles. The molecule has 0 saturated heterocycles. The lowest BCUT2D eigenvalue weighted by atomic mass is 9.72. The number of Topliss-reactive ketones (excluding diaryl/α,β-unsaturated/α-hetero) is 1. The molecule has 2 heteroatoms. The van der Waals surface area contributed by atoms with Crippen molar-refractivity contribution in [2.24, 2.45) is 11.8 Å². The summed E-state index contributed by atoms with van der Waals surface area (Å²) in [7, 11) is 1.66. The first kappa shape index (κ1) is 10.7. The summed E-state index contributed by atoms with van der Waals surface area (Å²) in [6.45, 7) is 6.05. The van der Waals surface area contributed by atoms with E-state index in [1.165, 1.54) is 6.42 Å². The Bertz CT molecular complexity index is 188. The van der Waals surface area contributed by atoms with E-state index in [4.69, 9.17) is 4.74 Å². The van der Waals surface area contributed by atoms with Gasteiger partial charge in [0.15, 0.2) is 5.78 Å². The molecule has 0 bridgehead atoms. The highest BCUT2D eigenvalue weighted by atomic mass is 16.5. The van der Waals surface area contributed by atoms with E-state index in [-0.39, 0.29) is 5.78 Å². The lowest BCUT2D eigenvalue weighted by molar-refractivity contribution is -0.147. The van der Waals surface area contributed by atoms with Gasteiger partial charge in [-0.1, -0.05) is 13.8 Å². The fourth-order valence-electron chi connectivity index (χ4n) is 2.66. The summed E-state index contributed by atoms with van der Waals surface area (Å²) in [6.07, 6.45) is 3.00. The number of ether oxygens (including phenoxy) is 1. The molecule has 0 aromatic rings. The first-order valence-corrected chi connectivity index (χ1v) is 5.06. The predicted octanol–water partition coefficient (Wildman–Crippen LogP) is 2.42. The molecule has 0 aromatic carbocycles. The van der Waals surface area contributed by atoms with Crippen molar-refractivity contribution in [2.75, 3.05) is 7.11 Å². The standard InChI is InChI=1S/C11H20O2/c1-8-5-9(2)7-11(6-8,13-4)10(3)12/h8-9H,5-7H2,1-4H3. The van der Waals surface area contributed by atoms with Crippen LogP contribution in [0.25, 0.3) is 0 Å². The number of carbonyl (C=O) groups is 1. The largest absolute Gasteiger partial charge is 0.370 e. The van der Waals surface area contributed by atoms with Crippen LogP contribution < -0.4 is 0 Å². The van der Waals surface area contributed by atoms with Gasteiger partial charge in [0.05, 0.1) is 0 Å². The quantitative estimate of drug-likeness (QED) is 0.658. The summed E-state index contributed by atoms with van der Waals surface area (Å²) in [4.78, 5) is 11.5. The van der Waals surface area contributed by atoms with Crippen molar-refractivity contribution in [1.29, 1.82) is 0 Å². The zero-order valence-electron chi connectivity index (χ0n) is 9.09. The van der Waals surface area contributed by atoms with Crippen molar-refractivity contribution in [3.63, 3.8) is 0 Å². The molecule has 0 heterocycles. The number of rotatable bonds is 2. The first-order valence-electron chi connectivity index (χ1n) is 5.06. The van der Waals surface area contributed by atoms with Crippen molar-refractivity contribution >= 4 is 5.78 Å². The van der Waals surface area contributed by atoms with Gasteiger partial charge >= 0.3 is 0 Å². The second-order valence-corrected chi connectivity index (χ2v) is 4.61. The summed E-state index contributed by atoms with van der Waals surface area (Å²) >= 11 is 0. The van der Waals surface area contributed by atoms with Crippen LogP contribution in [0.3, 0.4) is 0 Å². The maximum absolute atomic E-state index is 11.5. The molecule has 13 heavy (non-hydrogen) atoms. The molecule has 2 nitrogen and oxygen atoms in total. The fourth-order valence-corrected chi connectivity index (χ4v) is 2.66. The number of ketones is 1. The van der Waals surface area contributed by atoms with Crippen molar-refractivity contribution in [3.05, 3.63) is 0 Å². The van der Waals surface area contributed by atoms with E-state index in [1.807, 2.05) is 0 Å². The van der Waals surface area contributed by atoms with E-state index >= 15 is 0 Å². The Labute approximate surface area is 80.7 Å². The molecule has 76 valence electrons. The van der Waals surface area contributed by atoms with Crippen LogP contribution in [-0.2, 0) is 9.53 Å². The van der Waals surface area contributed by atoms with Gasteiger partial charge in [-0.15, -0.1) is 0 Å². The summed E-state index contributed by atoms with van der Waals surface area (Å²) in [5, 5.41) is 0. The van der Waals surface area contributed by atoms with Crippen LogP contribution in [0.15, 0.2) is 0 Å². The van der Waals surface area contributed by atoms with Crippen LogP contribution in [0.4, 0.5) is 0 Å². The number of carbonyl (C=O) groups excluding carboxylic acids is 1. The van der Waals surface area contributed by atoms with Crippen molar-refractivity contribution < 1.29 is 9.53 Å². The van der Waals surface area contributed by atoms with E-state index < -0.39 is 5.60 Å². The van der Waals surface area contributed by atoms with E-state index in [1.54, 1.807) is 14.0 Å². The third-order valence-corrected chi connectivity index (χ3v) is 3.19. The van der Waals surface area contributed by atoms with Gasteiger partial charge in [-0.3, -0.25) is 4.79 Å². The average molecular weight is 184 g/mol. The van der Waals surface area contributed by atoms with Crippen LogP contribution in [0, 0.1) is 11.8 Å². The number of methoxy groups -OCH3 is 1. The molecule has 2 unspecified atom stereocenters. The highest BCUT2D eigenvalue weighted by molar-refractivity contribution is 5.85.